The van der Waals surface area contributed by atoms with Crippen LogP contribution in [0.1, 0.15) is 43.1 Å². The Hall–Kier alpha value is -2.62. The van der Waals surface area contributed by atoms with Crippen molar-refractivity contribution >= 4 is 22.6 Å². The van der Waals surface area contributed by atoms with Gasteiger partial charge in [0, 0.05) is 31.1 Å². The lowest BCUT2D eigenvalue weighted by molar-refractivity contribution is -0.117. The Morgan fingerprint density at radius 2 is 1.93 bits per heavy atom. The fourth-order valence-corrected chi connectivity index (χ4v) is 4.18. The summed E-state index contributed by atoms with van der Waals surface area (Å²) in [5.74, 6) is 1.89. The number of benzene rings is 2. The summed E-state index contributed by atoms with van der Waals surface area (Å²) < 4.78 is 2.32. The average molecular weight is 361 g/mol. The number of para-hydroxylation sites is 2. The van der Waals surface area contributed by atoms with Gasteiger partial charge in [-0.05, 0) is 43.5 Å². The quantitative estimate of drug-likeness (QED) is 0.667. The molecule has 27 heavy (non-hydrogen) atoms. The second-order valence-electron chi connectivity index (χ2n) is 8.16. The van der Waals surface area contributed by atoms with Gasteiger partial charge in [-0.2, -0.15) is 0 Å². The first kappa shape index (κ1) is 17.8. The number of anilines is 1. The minimum atomic E-state index is 0.129. The first-order chi connectivity index (χ1) is 12.9. The Balaban J connectivity index is 1.71. The highest BCUT2D eigenvalue weighted by Crippen LogP contribution is 2.35. The molecule has 4 rings (SSSR count). The van der Waals surface area contributed by atoms with E-state index in [0.717, 1.165) is 29.1 Å². The van der Waals surface area contributed by atoms with Crippen LogP contribution in [0, 0.1) is 19.8 Å². The van der Waals surface area contributed by atoms with E-state index in [2.05, 4.69) is 68.7 Å². The monoisotopic (exact) mass is 361 g/mol. The van der Waals surface area contributed by atoms with Gasteiger partial charge in [0.25, 0.3) is 0 Å². The molecule has 140 valence electrons. The Kier molecular flexibility index (Phi) is 4.50. The third kappa shape index (κ3) is 3.25. The number of imidazole rings is 1. The second kappa shape index (κ2) is 6.84. The molecule has 0 bridgehead atoms. The number of hydrogen-bond acceptors (Lipinski definition) is 2. The second-order valence-corrected chi connectivity index (χ2v) is 8.16. The molecule has 1 aliphatic rings. The van der Waals surface area contributed by atoms with Crippen LogP contribution in [0.5, 0.6) is 0 Å². The van der Waals surface area contributed by atoms with Crippen LogP contribution in [-0.2, 0) is 11.3 Å². The highest BCUT2D eigenvalue weighted by atomic mass is 16.2. The van der Waals surface area contributed by atoms with Crippen molar-refractivity contribution in [3.63, 3.8) is 0 Å². The zero-order valence-electron chi connectivity index (χ0n) is 16.6. The summed E-state index contributed by atoms with van der Waals surface area (Å²) in [7, 11) is 0. The third-order valence-corrected chi connectivity index (χ3v) is 5.37. The van der Waals surface area contributed by atoms with Crippen LogP contribution in [0.15, 0.2) is 42.5 Å². The molecule has 1 atom stereocenters. The van der Waals surface area contributed by atoms with Crippen molar-refractivity contribution in [3.05, 3.63) is 59.4 Å². The van der Waals surface area contributed by atoms with Crippen LogP contribution in [0.2, 0.25) is 0 Å². The molecule has 2 heterocycles. The van der Waals surface area contributed by atoms with Crippen molar-refractivity contribution in [2.75, 3.05) is 11.4 Å². The van der Waals surface area contributed by atoms with Gasteiger partial charge in [-0.3, -0.25) is 4.79 Å². The summed E-state index contributed by atoms with van der Waals surface area (Å²) in [6.45, 7) is 10.2. The van der Waals surface area contributed by atoms with Gasteiger partial charge >= 0.3 is 0 Å². The van der Waals surface area contributed by atoms with Crippen molar-refractivity contribution < 1.29 is 4.79 Å². The highest BCUT2D eigenvalue weighted by molar-refractivity contribution is 5.97. The Bertz CT molecular complexity index is 1000. The van der Waals surface area contributed by atoms with E-state index in [9.17, 15) is 4.79 Å². The molecule has 1 fully saturated rings. The van der Waals surface area contributed by atoms with Gasteiger partial charge in [-0.25, -0.2) is 4.98 Å². The van der Waals surface area contributed by atoms with E-state index in [4.69, 9.17) is 4.98 Å². The summed E-state index contributed by atoms with van der Waals surface area (Å²) in [5.41, 5.74) is 5.58. The van der Waals surface area contributed by atoms with Gasteiger partial charge in [-0.1, -0.05) is 43.7 Å². The topological polar surface area (TPSA) is 38.1 Å². The number of hydrogen-bond donors (Lipinski definition) is 0. The van der Waals surface area contributed by atoms with E-state index in [0.29, 0.717) is 18.9 Å². The van der Waals surface area contributed by atoms with E-state index in [1.807, 2.05) is 11.0 Å². The van der Waals surface area contributed by atoms with Crippen molar-refractivity contribution in [1.29, 1.82) is 0 Å². The lowest BCUT2D eigenvalue weighted by Gasteiger charge is -2.20. The number of rotatable bonds is 4. The molecular weight excluding hydrogens is 334 g/mol. The first-order valence-electron chi connectivity index (χ1n) is 9.77. The number of aryl methyl sites for hydroxylation is 2. The molecule has 1 aromatic heterocycles. The summed E-state index contributed by atoms with van der Waals surface area (Å²) in [5, 5.41) is 0. The summed E-state index contributed by atoms with van der Waals surface area (Å²) >= 11 is 0. The molecule has 0 spiro atoms. The van der Waals surface area contributed by atoms with Crippen molar-refractivity contribution in [2.45, 2.75) is 46.6 Å². The predicted molar refractivity (Wildman–Crippen MR) is 110 cm³/mol. The number of carbonyl (C=O) groups is 1. The van der Waals surface area contributed by atoms with Crippen LogP contribution in [0.3, 0.4) is 0 Å². The molecule has 4 nitrogen and oxygen atoms in total. The molecule has 2 aromatic carbocycles. The Labute approximate surface area is 160 Å². The van der Waals surface area contributed by atoms with E-state index in [1.54, 1.807) is 0 Å². The third-order valence-electron chi connectivity index (χ3n) is 5.37. The van der Waals surface area contributed by atoms with E-state index in [1.165, 1.54) is 11.1 Å². The zero-order valence-corrected chi connectivity index (χ0v) is 16.6. The number of amides is 1. The van der Waals surface area contributed by atoms with Crippen LogP contribution >= 0.6 is 0 Å². The Morgan fingerprint density at radius 1 is 1.15 bits per heavy atom. The maximum Gasteiger partial charge on any atom is 0.227 e. The molecule has 0 radical (unpaired) electrons. The summed E-state index contributed by atoms with van der Waals surface area (Å²) in [6.07, 6.45) is 0.523. The number of nitrogens with zero attached hydrogens (tertiary/aromatic N) is 3. The molecule has 1 unspecified atom stereocenters. The maximum absolute atomic E-state index is 12.8. The van der Waals surface area contributed by atoms with Crippen LogP contribution in [0.25, 0.3) is 11.0 Å². The van der Waals surface area contributed by atoms with E-state index < -0.39 is 0 Å². The fourth-order valence-electron chi connectivity index (χ4n) is 4.18. The first-order valence-corrected chi connectivity index (χ1v) is 9.77. The minimum absolute atomic E-state index is 0.129. The molecule has 0 N–H and O–H groups in total. The van der Waals surface area contributed by atoms with Gasteiger partial charge in [0.05, 0.1) is 11.0 Å². The van der Waals surface area contributed by atoms with E-state index >= 15 is 0 Å². The predicted octanol–water partition coefficient (Wildman–Crippen LogP) is 4.83. The van der Waals surface area contributed by atoms with Gasteiger partial charge in [0.2, 0.25) is 5.91 Å². The fraction of sp³-hybridized carbons (Fsp3) is 0.391. The normalized spacial score (nSPS) is 17.4. The minimum Gasteiger partial charge on any atom is -0.327 e. The zero-order chi connectivity index (χ0) is 19.1. The Morgan fingerprint density at radius 3 is 2.67 bits per heavy atom. The summed E-state index contributed by atoms with van der Waals surface area (Å²) in [6, 6.07) is 14.6. The van der Waals surface area contributed by atoms with Crippen LogP contribution < -0.4 is 4.90 Å². The average Bonchev–Trinajstić information content (AvgIpc) is 3.16. The molecular formula is C23H27N3O. The SMILES string of the molecule is Cc1ccc(N2CC(c3nc4ccccc4n3CC(C)C)CC2=O)c(C)c1. The molecule has 0 aliphatic carbocycles. The van der Waals surface area contributed by atoms with Crippen molar-refractivity contribution in [1.82, 2.24) is 9.55 Å². The lowest BCUT2D eigenvalue weighted by Crippen LogP contribution is -2.25. The summed E-state index contributed by atoms with van der Waals surface area (Å²) in [4.78, 5) is 19.7. The molecule has 4 heteroatoms. The molecule has 1 aliphatic heterocycles. The van der Waals surface area contributed by atoms with E-state index in [-0.39, 0.29) is 11.8 Å². The number of fused-ring (bicyclic) bond motifs is 1. The molecule has 0 saturated carbocycles. The molecule has 3 aromatic rings. The van der Waals surface area contributed by atoms with Crippen molar-refractivity contribution in [2.24, 2.45) is 5.92 Å². The standard InChI is InChI=1S/C23H27N3O/c1-15(2)13-26-21-8-6-5-7-19(21)24-23(26)18-12-22(27)25(14-18)20-10-9-16(3)11-17(20)4/h5-11,15,18H,12-14H2,1-4H3. The van der Waals surface area contributed by atoms with Crippen molar-refractivity contribution in [3.8, 4) is 0 Å². The van der Waals surface area contributed by atoms with Crippen LogP contribution in [-0.4, -0.2) is 22.0 Å². The smallest absolute Gasteiger partial charge is 0.227 e. The van der Waals surface area contributed by atoms with Crippen LogP contribution in [0.4, 0.5) is 5.69 Å². The molecule has 1 amide bonds. The van der Waals surface area contributed by atoms with Gasteiger partial charge in [0.15, 0.2) is 0 Å². The maximum atomic E-state index is 12.8. The number of aromatic nitrogens is 2. The van der Waals surface area contributed by atoms with Gasteiger partial charge in [0.1, 0.15) is 5.82 Å². The van der Waals surface area contributed by atoms with Gasteiger partial charge < -0.3 is 9.47 Å². The highest BCUT2D eigenvalue weighted by Gasteiger charge is 2.35. The number of carbonyl (C=O) groups excluding carboxylic acids is 1. The van der Waals surface area contributed by atoms with Gasteiger partial charge in [-0.15, -0.1) is 0 Å². The lowest BCUT2D eigenvalue weighted by atomic mass is 10.1. The largest absolute Gasteiger partial charge is 0.327 e. The molecule has 1 saturated heterocycles.